The predicted molar refractivity (Wildman–Crippen MR) is 87.9 cm³/mol. The maximum absolute atomic E-state index is 12.3. The van der Waals surface area contributed by atoms with Crippen LogP contribution in [0.25, 0.3) is 15.9 Å². The number of H-pyrrole nitrogens is 1. The largest absolute Gasteiger partial charge is 0.354 e. The average Bonchev–Trinajstić information content (AvgIpc) is 3.06. The Kier molecular flexibility index (Phi) is 2.77. The highest BCUT2D eigenvalue weighted by atomic mass is 16.2. The molecule has 7 heteroatoms. The zero-order valence-corrected chi connectivity index (χ0v) is 12.9. The molecule has 1 saturated heterocycles. The third kappa shape index (κ3) is 2.84. The molecule has 0 unspecified atom stereocenters. The number of amides is 1. The van der Waals surface area contributed by atoms with Gasteiger partial charge in [-0.05, 0) is 18.4 Å². The van der Waals surface area contributed by atoms with Gasteiger partial charge in [-0.2, -0.15) is 0 Å². The van der Waals surface area contributed by atoms with E-state index >= 15 is 0 Å². The van der Waals surface area contributed by atoms with E-state index in [0.29, 0.717) is 11.0 Å². The quantitative estimate of drug-likeness (QED) is 0.872. The number of hydrogen-bond donors (Lipinski definition) is 1. The minimum Gasteiger partial charge on any atom is -0.354 e. The SMILES string of the molecule is [2H]c1nc(N(C)[C@@]2([2H])C([2H])([2H])N(C(=O)C[N+]#[C-])CC[C@@]2([2H])C)c2cc[nH]c2n1. The normalized spacial score (nSPS) is 32.9. The second-order valence-electron chi connectivity index (χ2n) is 5.30. The summed E-state index contributed by atoms with van der Waals surface area (Å²) in [5.41, 5.74) is 0.356. The third-order valence-electron chi connectivity index (χ3n) is 3.81. The highest BCUT2D eigenvalue weighted by molar-refractivity contribution is 5.87. The average molecular weight is 317 g/mol. The predicted octanol–water partition coefficient (Wildman–Crippen LogP) is 1.55. The minimum atomic E-state index is -2.59. The lowest BCUT2D eigenvalue weighted by molar-refractivity contribution is -0.130. The van der Waals surface area contributed by atoms with E-state index in [2.05, 4.69) is 19.8 Å². The fourth-order valence-corrected chi connectivity index (χ4v) is 2.56. The van der Waals surface area contributed by atoms with Crippen LogP contribution in [0.4, 0.5) is 5.82 Å². The summed E-state index contributed by atoms with van der Waals surface area (Å²) in [6, 6.07) is -0.619. The maximum atomic E-state index is 12.3. The molecule has 1 amide bonds. The van der Waals surface area contributed by atoms with Gasteiger partial charge in [0.25, 0.3) is 6.54 Å². The number of aromatic nitrogens is 3. The number of aromatic amines is 1. The standard InChI is InChI=1S/C16H20N6O/c1-11-5-7-22(14(23)8-17-2)9-13(11)21(3)16-12-4-6-18-15(12)19-10-20-16/h4,6,10-11,13H,5,7-9H2,1,3H3,(H,18,19,20)/t11-,13+/m1/s1/i9D2,10D,11D,13D. The van der Waals surface area contributed by atoms with Gasteiger partial charge in [0.2, 0.25) is 0 Å². The molecule has 1 fully saturated rings. The molecular formula is C16H20N6O. The molecule has 3 rings (SSSR count). The first-order valence-electron chi connectivity index (χ1n) is 9.66. The van der Waals surface area contributed by atoms with Crippen molar-refractivity contribution in [1.29, 1.82) is 0 Å². The van der Waals surface area contributed by atoms with Gasteiger partial charge in [0, 0.05) is 27.7 Å². The smallest absolute Gasteiger partial charge is 0.302 e. The molecule has 3 heterocycles. The first-order chi connectivity index (χ1) is 13.0. The van der Waals surface area contributed by atoms with Gasteiger partial charge in [-0.1, -0.05) is 6.92 Å². The zero-order chi connectivity index (χ0) is 20.9. The molecule has 1 aliphatic heterocycles. The second-order valence-corrected chi connectivity index (χ2v) is 5.30. The Morgan fingerprint density at radius 3 is 3.35 bits per heavy atom. The fourth-order valence-electron chi connectivity index (χ4n) is 2.56. The van der Waals surface area contributed by atoms with Crippen LogP contribution in [0, 0.1) is 12.5 Å². The van der Waals surface area contributed by atoms with Gasteiger partial charge in [-0.3, -0.25) is 4.79 Å². The monoisotopic (exact) mass is 317 g/mol. The number of carbonyl (C=O) groups excluding carboxylic acids is 1. The Morgan fingerprint density at radius 2 is 2.57 bits per heavy atom. The van der Waals surface area contributed by atoms with Crippen molar-refractivity contribution in [2.45, 2.75) is 19.4 Å². The molecule has 1 aliphatic rings. The van der Waals surface area contributed by atoms with Crippen molar-refractivity contribution in [1.82, 2.24) is 19.9 Å². The highest BCUT2D eigenvalue weighted by Crippen LogP contribution is 2.28. The third-order valence-corrected chi connectivity index (χ3v) is 3.81. The van der Waals surface area contributed by atoms with Gasteiger partial charge >= 0.3 is 5.91 Å². The van der Waals surface area contributed by atoms with Crippen molar-refractivity contribution < 1.29 is 11.6 Å². The summed E-state index contributed by atoms with van der Waals surface area (Å²) in [5, 5.41) is 0.473. The van der Waals surface area contributed by atoms with Crippen molar-refractivity contribution in [2.75, 3.05) is 31.5 Å². The summed E-state index contributed by atoms with van der Waals surface area (Å²) < 4.78 is 42.9. The maximum Gasteiger partial charge on any atom is 0.302 e. The number of hydrogen-bond acceptors (Lipinski definition) is 4. The van der Waals surface area contributed by atoms with Crippen LogP contribution in [0.5, 0.6) is 0 Å². The number of piperidine rings is 1. The summed E-state index contributed by atoms with van der Waals surface area (Å²) in [6.07, 6.45) is 1.32. The van der Waals surface area contributed by atoms with E-state index in [1.807, 2.05) is 0 Å². The Morgan fingerprint density at radius 1 is 1.74 bits per heavy atom. The molecule has 0 aromatic carbocycles. The first kappa shape index (κ1) is 10.2. The van der Waals surface area contributed by atoms with Crippen LogP contribution in [0.15, 0.2) is 18.6 Å². The van der Waals surface area contributed by atoms with E-state index in [1.54, 1.807) is 12.3 Å². The number of fused-ring (bicyclic) bond motifs is 1. The van der Waals surface area contributed by atoms with Gasteiger partial charge in [-0.25, -0.2) is 16.5 Å². The number of likely N-dealkylation sites (N-methyl/N-ethyl adjacent to an activating group) is 1. The van der Waals surface area contributed by atoms with E-state index in [0.717, 1.165) is 4.90 Å². The molecule has 2 aromatic heterocycles. The molecule has 120 valence electrons. The van der Waals surface area contributed by atoms with Crippen LogP contribution in [-0.4, -0.2) is 58.4 Å². The van der Waals surface area contributed by atoms with E-state index in [4.69, 9.17) is 13.4 Å². The van der Waals surface area contributed by atoms with Crippen LogP contribution in [0.1, 0.15) is 20.2 Å². The zero-order valence-electron chi connectivity index (χ0n) is 17.9. The summed E-state index contributed by atoms with van der Waals surface area (Å²) >= 11 is 0. The van der Waals surface area contributed by atoms with Crippen LogP contribution in [0.2, 0.25) is 0 Å². The molecule has 0 bridgehead atoms. The molecular weight excluding hydrogens is 292 g/mol. The molecule has 7 nitrogen and oxygen atoms in total. The van der Waals surface area contributed by atoms with E-state index in [-0.39, 0.29) is 25.1 Å². The molecule has 2 aromatic rings. The lowest BCUT2D eigenvalue weighted by atomic mass is 9.92. The van der Waals surface area contributed by atoms with E-state index in [9.17, 15) is 4.79 Å². The second kappa shape index (κ2) is 6.24. The Hall–Kier alpha value is -2.62. The molecule has 0 aliphatic carbocycles. The van der Waals surface area contributed by atoms with Gasteiger partial charge in [0.15, 0.2) is 0 Å². The number of rotatable bonds is 3. The van der Waals surface area contributed by atoms with E-state index < -0.39 is 30.9 Å². The molecule has 0 radical (unpaired) electrons. The number of nitrogens with zero attached hydrogens (tertiary/aromatic N) is 5. The summed E-state index contributed by atoms with van der Waals surface area (Å²) in [7, 11) is 1.43. The van der Waals surface area contributed by atoms with Crippen molar-refractivity contribution in [3.63, 3.8) is 0 Å². The number of carbonyl (C=O) groups is 1. The van der Waals surface area contributed by atoms with Gasteiger partial charge in [0.05, 0.1) is 15.5 Å². The van der Waals surface area contributed by atoms with Crippen LogP contribution >= 0.6 is 0 Å². The minimum absolute atomic E-state index is 0.0409. The first-order valence-corrected chi connectivity index (χ1v) is 7.16. The van der Waals surface area contributed by atoms with Crippen LogP contribution < -0.4 is 4.90 Å². The number of nitrogens with one attached hydrogen (secondary N) is 1. The van der Waals surface area contributed by atoms with Crippen molar-refractivity contribution >= 4 is 22.8 Å². The molecule has 2 atom stereocenters. The van der Waals surface area contributed by atoms with Crippen LogP contribution in [0.3, 0.4) is 0 Å². The van der Waals surface area contributed by atoms with Crippen molar-refractivity contribution in [3.8, 4) is 0 Å². The van der Waals surface area contributed by atoms with E-state index in [1.165, 1.54) is 18.9 Å². The van der Waals surface area contributed by atoms with Crippen LogP contribution in [-0.2, 0) is 4.79 Å². The summed E-state index contributed by atoms with van der Waals surface area (Å²) in [4.78, 5) is 28.3. The lowest BCUT2D eigenvalue weighted by Crippen LogP contribution is -2.53. The fraction of sp³-hybridized carbons (Fsp3) is 0.500. The Balaban J connectivity index is 2.18. The van der Waals surface area contributed by atoms with Crippen molar-refractivity contribution in [3.05, 3.63) is 30.0 Å². The summed E-state index contributed by atoms with van der Waals surface area (Å²) in [6.45, 7) is 5.16. The Labute approximate surface area is 142 Å². The molecule has 1 N–H and O–H groups in total. The molecule has 23 heavy (non-hydrogen) atoms. The van der Waals surface area contributed by atoms with Gasteiger partial charge in [-0.15, -0.1) is 0 Å². The van der Waals surface area contributed by atoms with Gasteiger partial charge < -0.3 is 19.6 Å². The summed E-state index contributed by atoms with van der Waals surface area (Å²) in [5.74, 6) is -2.22. The van der Waals surface area contributed by atoms with Gasteiger partial charge in [0.1, 0.15) is 19.1 Å². The topological polar surface area (TPSA) is 69.5 Å². The Bertz CT molecular complexity index is 970. The lowest BCUT2D eigenvalue weighted by Gasteiger charge is -2.41. The number of anilines is 1. The van der Waals surface area contributed by atoms with Crippen molar-refractivity contribution in [2.24, 2.45) is 5.89 Å². The number of likely N-dealkylation sites (tertiary alicyclic amines) is 1. The molecule has 0 spiro atoms. The highest BCUT2D eigenvalue weighted by Gasteiger charge is 2.33. The molecule has 0 saturated carbocycles.